The number of hydrogen-bond acceptors (Lipinski definition) is 4. The van der Waals surface area contributed by atoms with E-state index in [1.807, 2.05) is 41.9 Å². The Balaban J connectivity index is 1.26. The van der Waals surface area contributed by atoms with E-state index in [-0.39, 0.29) is 11.9 Å². The van der Waals surface area contributed by atoms with Crippen molar-refractivity contribution in [2.45, 2.75) is 45.2 Å². The molecule has 174 valence electrons. The third-order valence-corrected chi connectivity index (χ3v) is 6.71. The van der Waals surface area contributed by atoms with E-state index in [9.17, 15) is 4.79 Å². The van der Waals surface area contributed by atoms with E-state index in [0.29, 0.717) is 12.3 Å². The number of amides is 1. The summed E-state index contributed by atoms with van der Waals surface area (Å²) in [5, 5.41) is 15.9. The molecule has 2 aromatic carbocycles. The molecular formula is C27H30N6O. The van der Waals surface area contributed by atoms with Gasteiger partial charge in [0.15, 0.2) is 0 Å². The average molecular weight is 455 g/mol. The number of carbonyl (C=O) groups is 1. The second-order valence-electron chi connectivity index (χ2n) is 9.16. The molecule has 1 amide bonds. The van der Waals surface area contributed by atoms with Gasteiger partial charge in [-0.3, -0.25) is 9.48 Å². The maximum absolute atomic E-state index is 11.7. The Bertz CT molecular complexity index is 1260. The van der Waals surface area contributed by atoms with Crippen molar-refractivity contribution in [3.63, 3.8) is 0 Å². The van der Waals surface area contributed by atoms with Crippen LogP contribution in [-0.2, 0) is 18.4 Å². The minimum absolute atomic E-state index is 0.138. The van der Waals surface area contributed by atoms with E-state index in [0.717, 1.165) is 48.2 Å². The maximum atomic E-state index is 11.7. The lowest BCUT2D eigenvalue weighted by Gasteiger charge is -2.14. The van der Waals surface area contributed by atoms with E-state index < -0.39 is 0 Å². The van der Waals surface area contributed by atoms with E-state index >= 15 is 0 Å². The third kappa shape index (κ3) is 4.78. The van der Waals surface area contributed by atoms with Crippen molar-refractivity contribution in [2.75, 3.05) is 0 Å². The molecule has 0 spiro atoms. The highest BCUT2D eigenvalue weighted by Gasteiger charge is 2.26. The Morgan fingerprint density at radius 2 is 1.59 bits per heavy atom. The van der Waals surface area contributed by atoms with Crippen molar-refractivity contribution in [3.8, 4) is 33.5 Å². The lowest BCUT2D eigenvalue weighted by molar-refractivity contribution is -0.121. The molecule has 34 heavy (non-hydrogen) atoms. The molecule has 0 bridgehead atoms. The maximum Gasteiger partial charge on any atom is 0.219 e. The first kappa shape index (κ1) is 22.1. The third-order valence-electron chi connectivity index (χ3n) is 6.71. The summed E-state index contributed by atoms with van der Waals surface area (Å²) in [7, 11) is 1.93. The Labute approximate surface area is 199 Å². The molecule has 1 fully saturated rings. The summed E-state index contributed by atoms with van der Waals surface area (Å²) < 4.78 is 3.82. The molecule has 7 nitrogen and oxygen atoms in total. The number of rotatable bonds is 7. The van der Waals surface area contributed by atoms with Crippen molar-refractivity contribution >= 4 is 5.91 Å². The molecule has 2 aromatic heterocycles. The zero-order chi connectivity index (χ0) is 23.5. The van der Waals surface area contributed by atoms with Crippen LogP contribution in [0.5, 0.6) is 0 Å². The van der Waals surface area contributed by atoms with Crippen LogP contribution in [0.3, 0.4) is 0 Å². The smallest absolute Gasteiger partial charge is 0.219 e. The molecule has 1 N–H and O–H groups in total. The zero-order valence-electron chi connectivity index (χ0n) is 19.7. The second-order valence-corrected chi connectivity index (χ2v) is 9.16. The molecule has 0 saturated heterocycles. The van der Waals surface area contributed by atoms with E-state index in [1.165, 1.54) is 11.1 Å². The summed E-state index contributed by atoms with van der Waals surface area (Å²) in [5.41, 5.74) is 6.76. The van der Waals surface area contributed by atoms with Gasteiger partial charge in [-0.1, -0.05) is 60.7 Å². The van der Waals surface area contributed by atoms with Crippen LogP contribution in [0, 0.1) is 5.92 Å². The van der Waals surface area contributed by atoms with Gasteiger partial charge in [0.25, 0.3) is 0 Å². The Morgan fingerprint density at radius 1 is 0.941 bits per heavy atom. The first-order valence-electron chi connectivity index (χ1n) is 12.0. The van der Waals surface area contributed by atoms with Gasteiger partial charge in [-0.25, -0.2) is 4.68 Å². The standard InChI is InChI=1S/C27H30N6O/c1-3-27(34)30-25-13-4-19(14-25)17-33-26(16-28-31-33)23-11-9-21(10-12-23)20-5-7-22(8-6-20)24-15-29-32(2)18-24/h5-12,15-16,18-19,25H,3-4,13-14,17H2,1-2H3,(H,30,34). The van der Waals surface area contributed by atoms with Gasteiger partial charge in [-0.15, -0.1) is 5.10 Å². The summed E-state index contributed by atoms with van der Waals surface area (Å²) in [6, 6.07) is 17.4. The quantitative estimate of drug-likeness (QED) is 0.439. The Hall–Kier alpha value is -3.74. The fourth-order valence-corrected chi connectivity index (χ4v) is 4.82. The lowest BCUT2D eigenvalue weighted by atomic mass is 10.0. The average Bonchev–Trinajstić information content (AvgIpc) is 3.61. The van der Waals surface area contributed by atoms with Gasteiger partial charge in [-0.2, -0.15) is 5.10 Å². The topological polar surface area (TPSA) is 77.6 Å². The number of nitrogens with one attached hydrogen (secondary N) is 1. The Morgan fingerprint density at radius 3 is 2.21 bits per heavy atom. The zero-order valence-corrected chi connectivity index (χ0v) is 19.7. The number of nitrogens with zero attached hydrogens (tertiary/aromatic N) is 5. The van der Waals surface area contributed by atoms with Crippen molar-refractivity contribution < 1.29 is 4.79 Å². The summed E-state index contributed by atoms with van der Waals surface area (Å²) in [6.07, 6.45) is 9.42. The molecule has 7 heteroatoms. The number of hydrogen-bond donors (Lipinski definition) is 1. The summed E-state index contributed by atoms with van der Waals surface area (Å²) >= 11 is 0. The van der Waals surface area contributed by atoms with Crippen molar-refractivity contribution in [1.29, 1.82) is 0 Å². The van der Waals surface area contributed by atoms with Crippen LogP contribution in [0.4, 0.5) is 0 Å². The molecule has 5 rings (SSSR count). The largest absolute Gasteiger partial charge is 0.353 e. The molecular weight excluding hydrogens is 424 g/mol. The van der Waals surface area contributed by atoms with Gasteiger partial charge >= 0.3 is 0 Å². The predicted octanol–water partition coefficient (Wildman–Crippen LogP) is 4.71. The highest BCUT2D eigenvalue weighted by molar-refractivity contribution is 5.76. The highest BCUT2D eigenvalue weighted by Crippen LogP contribution is 2.30. The van der Waals surface area contributed by atoms with Crippen molar-refractivity contribution in [1.82, 2.24) is 30.1 Å². The minimum atomic E-state index is 0.138. The number of aromatic nitrogens is 5. The number of benzene rings is 2. The van der Waals surface area contributed by atoms with E-state index in [4.69, 9.17) is 0 Å². The normalized spacial score (nSPS) is 17.7. The molecule has 1 aliphatic carbocycles. The number of carbonyl (C=O) groups excluding carboxylic acids is 1. The monoisotopic (exact) mass is 454 g/mol. The molecule has 2 unspecified atom stereocenters. The molecule has 2 heterocycles. The second kappa shape index (κ2) is 9.63. The summed E-state index contributed by atoms with van der Waals surface area (Å²) in [5.74, 6) is 0.638. The van der Waals surface area contributed by atoms with Gasteiger partial charge in [0.1, 0.15) is 0 Å². The number of aryl methyl sites for hydroxylation is 1. The molecule has 0 radical (unpaired) electrons. The molecule has 0 aliphatic heterocycles. The van der Waals surface area contributed by atoms with Crippen LogP contribution in [0.2, 0.25) is 0 Å². The van der Waals surface area contributed by atoms with Gasteiger partial charge < -0.3 is 5.32 Å². The molecule has 4 aromatic rings. The van der Waals surface area contributed by atoms with E-state index in [2.05, 4.69) is 69.3 Å². The first-order valence-corrected chi connectivity index (χ1v) is 12.0. The van der Waals surface area contributed by atoms with Crippen LogP contribution in [0.15, 0.2) is 67.1 Å². The lowest BCUT2D eigenvalue weighted by Crippen LogP contribution is -2.32. The molecule has 1 aliphatic rings. The van der Waals surface area contributed by atoms with Gasteiger partial charge in [0.2, 0.25) is 5.91 Å². The Kier molecular flexibility index (Phi) is 6.25. The first-order chi connectivity index (χ1) is 16.6. The van der Waals surface area contributed by atoms with Gasteiger partial charge in [0.05, 0.1) is 18.1 Å². The van der Waals surface area contributed by atoms with E-state index in [1.54, 1.807) is 0 Å². The predicted molar refractivity (Wildman–Crippen MR) is 133 cm³/mol. The summed E-state index contributed by atoms with van der Waals surface area (Å²) in [4.78, 5) is 11.7. The van der Waals surface area contributed by atoms with Crippen LogP contribution in [-0.4, -0.2) is 36.7 Å². The molecule has 2 atom stereocenters. The highest BCUT2D eigenvalue weighted by atomic mass is 16.1. The van der Waals surface area contributed by atoms with Crippen molar-refractivity contribution in [3.05, 3.63) is 67.1 Å². The van der Waals surface area contributed by atoms with Crippen molar-refractivity contribution in [2.24, 2.45) is 13.0 Å². The van der Waals surface area contributed by atoms with Crippen LogP contribution < -0.4 is 5.32 Å². The van der Waals surface area contributed by atoms with Crippen LogP contribution >= 0.6 is 0 Å². The fourth-order valence-electron chi connectivity index (χ4n) is 4.82. The SMILES string of the molecule is CCC(=O)NC1CCC(Cn2nncc2-c2ccc(-c3ccc(-c4cnn(C)c4)cc3)cc2)C1. The molecule has 1 saturated carbocycles. The fraction of sp³-hybridized carbons (Fsp3) is 0.333. The minimum Gasteiger partial charge on any atom is -0.353 e. The van der Waals surface area contributed by atoms with Gasteiger partial charge in [0, 0.05) is 43.4 Å². The van der Waals surface area contributed by atoms with Gasteiger partial charge in [-0.05, 0) is 41.9 Å². The van der Waals surface area contributed by atoms with Crippen LogP contribution in [0.1, 0.15) is 32.6 Å². The summed E-state index contributed by atoms with van der Waals surface area (Å²) in [6.45, 7) is 2.72. The van der Waals surface area contributed by atoms with Crippen LogP contribution in [0.25, 0.3) is 33.5 Å².